The van der Waals surface area contributed by atoms with Gasteiger partial charge in [-0.2, -0.15) is 0 Å². The van der Waals surface area contributed by atoms with Gasteiger partial charge in [-0.25, -0.2) is 4.39 Å². The smallest absolute Gasteiger partial charge is 0.165 e. The van der Waals surface area contributed by atoms with E-state index in [0.717, 1.165) is 5.56 Å². The first-order chi connectivity index (χ1) is 6.63. The molecule has 0 aliphatic rings. The van der Waals surface area contributed by atoms with Crippen molar-refractivity contribution in [2.45, 2.75) is 6.92 Å². The molecule has 0 aliphatic heterocycles. The average Bonchev–Trinajstić information content (AvgIpc) is 2.19. The summed E-state index contributed by atoms with van der Waals surface area (Å²) in [5, 5.41) is 0.326. The lowest BCUT2D eigenvalue weighted by atomic mass is 10.2. The number of ether oxygens (including phenoxy) is 1. The molecule has 1 nitrogen and oxygen atoms in total. The van der Waals surface area contributed by atoms with Crippen molar-refractivity contribution in [3.63, 3.8) is 0 Å². The highest BCUT2D eigenvalue weighted by atomic mass is 35.5. The topological polar surface area (TPSA) is 9.23 Å². The lowest BCUT2D eigenvalue weighted by Gasteiger charge is -2.06. The Morgan fingerprint density at radius 3 is 2.93 bits per heavy atom. The van der Waals surface area contributed by atoms with Crippen molar-refractivity contribution in [1.82, 2.24) is 0 Å². The Balaban J connectivity index is 2.71. The second-order valence-corrected chi connectivity index (χ2v) is 3.48. The molecule has 0 atom stereocenters. The van der Waals surface area contributed by atoms with Gasteiger partial charge in [-0.15, -0.1) is 0 Å². The summed E-state index contributed by atoms with van der Waals surface area (Å²) in [6.07, 6.45) is 0. The van der Waals surface area contributed by atoms with Gasteiger partial charge in [-0.05, 0) is 24.6 Å². The van der Waals surface area contributed by atoms with Gasteiger partial charge in [0.1, 0.15) is 6.61 Å². The zero-order valence-electron chi connectivity index (χ0n) is 7.56. The SMILES string of the molecule is Cc1ccc(F)c(OC/C(Cl)=C/Cl)c1. The van der Waals surface area contributed by atoms with Crippen LogP contribution >= 0.6 is 23.2 Å². The molecule has 1 aromatic rings. The third-order valence-electron chi connectivity index (χ3n) is 1.57. The zero-order valence-corrected chi connectivity index (χ0v) is 9.07. The molecule has 0 radical (unpaired) electrons. The zero-order chi connectivity index (χ0) is 10.6. The summed E-state index contributed by atoms with van der Waals surface area (Å²) in [5.74, 6) is -0.226. The van der Waals surface area contributed by atoms with Crippen LogP contribution in [0, 0.1) is 12.7 Å². The summed E-state index contributed by atoms with van der Waals surface area (Å²) in [4.78, 5) is 0. The molecule has 0 fully saturated rings. The van der Waals surface area contributed by atoms with Gasteiger partial charge in [0.15, 0.2) is 11.6 Å². The summed E-state index contributed by atoms with van der Waals surface area (Å²) in [6, 6.07) is 4.62. The van der Waals surface area contributed by atoms with Gasteiger partial charge in [0.05, 0.1) is 5.03 Å². The molecule has 0 saturated carbocycles. The largest absolute Gasteiger partial charge is 0.485 e. The molecule has 1 aromatic carbocycles. The molecular weight excluding hydrogens is 226 g/mol. The summed E-state index contributed by atoms with van der Waals surface area (Å²) in [6.45, 7) is 1.93. The van der Waals surface area contributed by atoms with Crippen molar-refractivity contribution in [2.75, 3.05) is 6.61 Å². The van der Waals surface area contributed by atoms with Gasteiger partial charge in [0, 0.05) is 5.54 Å². The Bertz CT molecular complexity index is 350. The van der Waals surface area contributed by atoms with E-state index in [1.54, 1.807) is 12.1 Å². The van der Waals surface area contributed by atoms with Crippen molar-refractivity contribution in [2.24, 2.45) is 0 Å². The molecule has 0 aromatic heterocycles. The van der Waals surface area contributed by atoms with Gasteiger partial charge in [-0.1, -0.05) is 29.3 Å². The minimum absolute atomic E-state index is 0.0748. The highest BCUT2D eigenvalue weighted by molar-refractivity contribution is 6.36. The molecule has 4 heteroatoms. The van der Waals surface area contributed by atoms with Crippen LogP contribution in [0.25, 0.3) is 0 Å². The molecule has 0 heterocycles. The number of halogens is 3. The van der Waals surface area contributed by atoms with E-state index in [2.05, 4.69) is 0 Å². The fourth-order valence-corrected chi connectivity index (χ4v) is 1.02. The second kappa shape index (κ2) is 5.23. The summed E-state index contributed by atoms with van der Waals surface area (Å²) >= 11 is 10.9. The van der Waals surface area contributed by atoms with Crippen LogP contribution in [0.4, 0.5) is 4.39 Å². The van der Waals surface area contributed by atoms with Crippen LogP contribution in [0.15, 0.2) is 28.8 Å². The first-order valence-corrected chi connectivity index (χ1v) is 4.78. The van der Waals surface area contributed by atoms with Gasteiger partial charge in [0.2, 0.25) is 0 Å². The Morgan fingerprint density at radius 1 is 1.57 bits per heavy atom. The minimum atomic E-state index is -0.408. The first kappa shape index (κ1) is 11.3. The number of rotatable bonds is 3. The van der Waals surface area contributed by atoms with Gasteiger partial charge in [0.25, 0.3) is 0 Å². The molecule has 0 saturated heterocycles. The minimum Gasteiger partial charge on any atom is -0.485 e. The maximum atomic E-state index is 13.1. The number of aryl methyl sites for hydroxylation is 1. The number of benzene rings is 1. The highest BCUT2D eigenvalue weighted by Crippen LogP contribution is 2.19. The van der Waals surface area contributed by atoms with Gasteiger partial charge < -0.3 is 4.74 Å². The molecule has 14 heavy (non-hydrogen) atoms. The van der Waals surface area contributed by atoms with Gasteiger partial charge >= 0.3 is 0 Å². The molecule has 76 valence electrons. The Labute approximate surface area is 92.1 Å². The van der Waals surface area contributed by atoms with E-state index in [1.807, 2.05) is 6.92 Å². The predicted molar refractivity (Wildman–Crippen MR) is 56.4 cm³/mol. The van der Waals surface area contributed by atoms with Crippen LogP contribution in [0.3, 0.4) is 0 Å². The Kier molecular flexibility index (Phi) is 4.23. The maximum Gasteiger partial charge on any atom is 0.165 e. The van der Waals surface area contributed by atoms with Crippen molar-refractivity contribution in [3.05, 3.63) is 40.1 Å². The molecule has 0 bridgehead atoms. The third kappa shape index (κ3) is 3.20. The van der Waals surface area contributed by atoms with Crippen molar-refractivity contribution >= 4 is 23.2 Å². The highest BCUT2D eigenvalue weighted by Gasteiger charge is 2.03. The molecule has 1 rings (SSSR count). The van der Waals surface area contributed by atoms with Crippen molar-refractivity contribution in [3.8, 4) is 5.75 Å². The summed E-state index contributed by atoms with van der Waals surface area (Å²) in [7, 11) is 0. The molecular formula is C10H9Cl2FO. The van der Waals surface area contributed by atoms with Crippen LogP contribution in [0.2, 0.25) is 0 Å². The van der Waals surface area contributed by atoms with E-state index in [4.69, 9.17) is 27.9 Å². The van der Waals surface area contributed by atoms with E-state index in [-0.39, 0.29) is 12.4 Å². The van der Waals surface area contributed by atoms with E-state index < -0.39 is 5.82 Å². The lowest BCUT2D eigenvalue weighted by Crippen LogP contribution is -1.99. The predicted octanol–water partition coefficient (Wildman–Crippen LogP) is 3.83. The quantitative estimate of drug-likeness (QED) is 0.773. The monoisotopic (exact) mass is 234 g/mol. The van der Waals surface area contributed by atoms with Crippen LogP contribution < -0.4 is 4.74 Å². The van der Waals surface area contributed by atoms with Crippen LogP contribution in [0.1, 0.15) is 5.56 Å². The van der Waals surface area contributed by atoms with E-state index in [0.29, 0.717) is 5.03 Å². The third-order valence-corrected chi connectivity index (χ3v) is 2.16. The molecule has 0 unspecified atom stereocenters. The number of hydrogen-bond acceptors (Lipinski definition) is 1. The molecule has 0 spiro atoms. The summed E-state index contributed by atoms with van der Waals surface area (Å²) < 4.78 is 18.2. The van der Waals surface area contributed by atoms with Crippen LogP contribution in [-0.2, 0) is 0 Å². The van der Waals surface area contributed by atoms with Crippen molar-refractivity contribution in [1.29, 1.82) is 0 Å². The van der Waals surface area contributed by atoms with Gasteiger partial charge in [-0.3, -0.25) is 0 Å². The molecule has 0 N–H and O–H groups in total. The van der Waals surface area contributed by atoms with E-state index >= 15 is 0 Å². The first-order valence-electron chi connectivity index (χ1n) is 3.97. The average molecular weight is 235 g/mol. The summed E-state index contributed by atoms with van der Waals surface area (Å²) in [5.41, 5.74) is 2.11. The molecule has 0 amide bonds. The fourth-order valence-electron chi connectivity index (χ4n) is 0.899. The fraction of sp³-hybridized carbons (Fsp3) is 0.200. The van der Waals surface area contributed by atoms with E-state index in [1.165, 1.54) is 11.6 Å². The molecule has 0 aliphatic carbocycles. The second-order valence-electron chi connectivity index (χ2n) is 2.78. The lowest BCUT2D eigenvalue weighted by molar-refractivity contribution is 0.338. The Hall–Kier alpha value is -0.730. The van der Waals surface area contributed by atoms with E-state index in [9.17, 15) is 4.39 Å². The Morgan fingerprint density at radius 2 is 2.29 bits per heavy atom. The van der Waals surface area contributed by atoms with Crippen LogP contribution in [-0.4, -0.2) is 6.61 Å². The normalized spacial score (nSPS) is 11.6. The van der Waals surface area contributed by atoms with Crippen molar-refractivity contribution < 1.29 is 9.13 Å². The standard InChI is InChI=1S/C10H9Cl2FO/c1-7-2-3-9(13)10(4-7)14-6-8(12)5-11/h2-5H,6H2,1H3/b8-5-. The number of hydrogen-bond donors (Lipinski definition) is 0. The van der Waals surface area contributed by atoms with Crippen LogP contribution in [0.5, 0.6) is 5.75 Å². The maximum absolute atomic E-state index is 13.1.